The second-order valence-electron chi connectivity index (χ2n) is 5.79. The first kappa shape index (κ1) is 20.6. The van der Waals surface area contributed by atoms with Gasteiger partial charge >= 0.3 is 0 Å². The third kappa shape index (κ3) is 5.90. The maximum atomic E-state index is 12.4. The van der Waals surface area contributed by atoms with Gasteiger partial charge in [-0.15, -0.1) is 0 Å². The minimum Gasteiger partial charge on any atom is -0.492 e. The number of ether oxygens (including phenoxy) is 1. The van der Waals surface area contributed by atoms with Crippen LogP contribution in [0.2, 0.25) is 10.0 Å². The van der Waals surface area contributed by atoms with Gasteiger partial charge in [0.25, 0.3) is 5.91 Å². The molecule has 0 aliphatic heterocycles. The number of amides is 1. The van der Waals surface area contributed by atoms with E-state index in [2.05, 4.69) is 24.1 Å². The van der Waals surface area contributed by atoms with Crippen LogP contribution in [0.15, 0.2) is 42.5 Å². The van der Waals surface area contributed by atoms with E-state index in [4.69, 9.17) is 27.9 Å². The Morgan fingerprint density at radius 3 is 2.58 bits per heavy atom. The van der Waals surface area contributed by atoms with E-state index in [1.54, 1.807) is 18.2 Å². The Balaban J connectivity index is 1.97. The summed E-state index contributed by atoms with van der Waals surface area (Å²) in [6.07, 6.45) is 0. The van der Waals surface area contributed by atoms with Gasteiger partial charge in [-0.05, 0) is 37.4 Å². The summed E-state index contributed by atoms with van der Waals surface area (Å²) in [7, 11) is 0. The molecule has 0 bridgehead atoms. The van der Waals surface area contributed by atoms with Gasteiger partial charge in [0.2, 0.25) is 0 Å². The molecule has 140 valence electrons. The lowest BCUT2D eigenvalue weighted by Gasteiger charge is -2.19. The van der Waals surface area contributed by atoms with E-state index in [-0.39, 0.29) is 5.91 Å². The number of halogens is 2. The number of likely N-dealkylation sites (N-methyl/N-ethyl adjacent to an activating group) is 1. The van der Waals surface area contributed by atoms with Crippen LogP contribution < -0.4 is 10.1 Å². The molecule has 4 nitrogen and oxygen atoms in total. The summed E-state index contributed by atoms with van der Waals surface area (Å²) in [5.41, 5.74) is 1.28. The van der Waals surface area contributed by atoms with Crippen molar-refractivity contribution in [3.63, 3.8) is 0 Å². The molecule has 1 N–H and O–H groups in total. The number of hydrogen-bond donors (Lipinski definition) is 1. The first-order valence-corrected chi connectivity index (χ1v) is 9.47. The summed E-state index contributed by atoms with van der Waals surface area (Å²) in [4.78, 5) is 14.7. The van der Waals surface area contributed by atoms with Crippen LogP contribution >= 0.6 is 23.2 Å². The molecule has 2 aromatic rings. The Kier molecular flexibility index (Phi) is 8.23. The fourth-order valence-corrected chi connectivity index (χ4v) is 2.93. The highest BCUT2D eigenvalue weighted by Crippen LogP contribution is 2.21. The van der Waals surface area contributed by atoms with E-state index in [1.165, 1.54) is 0 Å². The second kappa shape index (κ2) is 10.4. The number of rotatable bonds is 9. The normalized spacial score (nSPS) is 10.8. The van der Waals surface area contributed by atoms with E-state index in [9.17, 15) is 4.79 Å². The highest BCUT2D eigenvalue weighted by Gasteiger charge is 2.12. The van der Waals surface area contributed by atoms with Crippen LogP contribution in [0.25, 0.3) is 0 Å². The SMILES string of the molecule is CCN(CC)CCOc1ccccc1CNC(=O)c1cc(Cl)ccc1Cl. The Morgan fingerprint density at radius 1 is 1.12 bits per heavy atom. The fourth-order valence-electron chi connectivity index (χ4n) is 2.56. The van der Waals surface area contributed by atoms with Crippen molar-refractivity contribution >= 4 is 29.1 Å². The molecule has 6 heteroatoms. The van der Waals surface area contributed by atoms with Crippen LogP contribution in [0, 0.1) is 0 Å². The van der Waals surface area contributed by atoms with Gasteiger partial charge in [-0.2, -0.15) is 0 Å². The smallest absolute Gasteiger partial charge is 0.253 e. The third-order valence-corrected chi connectivity index (χ3v) is 4.71. The Morgan fingerprint density at radius 2 is 1.85 bits per heavy atom. The van der Waals surface area contributed by atoms with Crippen LogP contribution in [-0.2, 0) is 6.54 Å². The van der Waals surface area contributed by atoms with Crippen LogP contribution in [0.1, 0.15) is 29.8 Å². The van der Waals surface area contributed by atoms with Gasteiger partial charge < -0.3 is 15.0 Å². The molecule has 0 heterocycles. The summed E-state index contributed by atoms with van der Waals surface area (Å²) in [5.74, 6) is 0.507. The molecule has 2 rings (SSSR count). The number of nitrogens with one attached hydrogen (secondary N) is 1. The number of carbonyl (C=O) groups is 1. The van der Waals surface area contributed by atoms with Crippen molar-refractivity contribution in [2.24, 2.45) is 0 Å². The molecule has 0 aromatic heterocycles. The minimum absolute atomic E-state index is 0.268. The van der Waals surface area contributed by atoms with Crippen molar-refractivity contribution in [2.45, 2.75) is 20.4 Å². The van der Waals surface area contributed by atoms with E-state index >= 15 is 0 Å². The third-order valence-electron chi connectivity index (χ3n) is 4.14. The maximum absolute atomic E-state index is 12.4. The number of carbonyl (C=O) groups excluding carboxylic acids is 1. The quantitative estimate of drug-likeness (QED) is 0.673. The van der Waals surface area contributed by atoms with E-state index in [1.807, 2.05) is 24.3 Å². The van der Waals surface area contributed by atoms with Crippen LogP contribution in [-0.4, -0.2) is 37.0 Å². The van der Waals surface area contributed by atoms with Gasteiger partial charge in [0.15, 0.2) is 0 Å². The van der Waals surface area contributed by atoms with Crippen LogP contribution in [0.4, 0.5) is 0 Å². The molecule has 0 saturated heterocycles. The molecule has 1 amide bonds. The molecule has 0 aliphatic carbocycles. The monoisotopic (exact) mass is 394 g/mol. The lowest BCUT2D eigenvalue weighted by atomic mass is 10.1. The number of benzene rings is 2. The van der Waals surface area contributed by atoms with Crippen molar-refractivity contribution in [2.75, 3.05) is 26.2 Å². The average molecular weight is 395 g/mol. The lowest BCUT2D eigenvalue weighted by molar-refractivity contribution is 0.0950. The molecular weight excluding hydrogens is 371 g/mol. The van der Waals surface area contributed by atoms with Gasteiger partial charge in [-0.25, -0.2) is 0 Å². The van der Waals surface area contributed by atoms with Gasteiger partial charge in [0.05, 0.1) is 10.6 Å². The number of para-hydroxylation sites is 1. The molecular formula is C20H24Cl2N2O2. The zero-order chi connectivity index (χ0) is 18.9. The molecule has 26 heavy (non-hydrogen) atoms. The molecule has 0 spiro atoms. The zero-order valence-electron chi connectivity index (χ0n) is 15.1. The van der Waals surface area contributed by atoms with Crippen molar-refractivity contribution in [1.29, 1.82) is 0 Å². The molecule has 0 fully saturated rings. The first-order valence-electron chi connectivity index (χ1n) is 8.71. The molecule has 0 radical (unpaired) electrons. The van der Waals surface area contributed by atoms with Crippen molar-refractivity contribution < 1.29 is 9.53 Å². The second-order valence-corrected chi connectivity index (χ2v) is 6.63. The summed E-state index contributed by atoms with van der Waals surface area (Å²) in [6.45, 7) is 8.08. The standard InChI is InChI=1S/C20H24Cl2N2O2/c1-3-24(4-2)11-12-26-19-8-6-5-7-15(19)14-23-20(25)17-13-16(21)9-10-18(17)22/h5-10,13H,3-4,11-12,14H2,1-2H3,(H,23,25). The fraction of sp³-hybridized carbons (Fsp3) is 0.350. The van der Waals surface area contributed by atoms with Crippen molar-refractivity contribution in [1.82, 2.24) is 10.2 Å². The summed E-state index contributed by atoms with van der Waals surface area (Å²) in [5, 5.41) is 3.72. The lowest BCUT2D eigenvalue weighted by Crippen LogP contribution is -2.28. The van der Waals surface area contributed by atoms with E-state index < -0.39 is 0 Å². The van der Waals surface area contributed by atoms with Gasteiger partial charge in [-0.3, -0.25) is 4.79 Å². The van der Waals surface area contributed by atoms with E-state index in [0.29, 0.717) is 28.8 Å². The van der Waals surface area contributed by atoms with Crippen molar-refractivity contribution in [3.05, 3.63) is 63.6 Å². The van der Waals surface area contributed by atoms with Crippen molar-refractivity contribution in [3.8, 4) is 5.75 Å². The summed E-state index contributed by atoms with van der Waals surface area (Å²) < 4.78 is 5.91. The highest BCUT2D eigenvalue weighted by molar-refractivity contribution is 6.35. The van der Waals surface area contributed by atoms with Crippen LogP contribution in [0.5, 0.6) is 5.75 Å². The Hall–Kier alpha value is -1.75. The number of hydrogen-bond acceptors (Lipinski definition) is 3. The molecule has 0 aliphatic rings. The zero-order valence-corrected chi connectivity index (χ0v) is 16.6. The molecule has 2 aromatic carbocycles. The Labute approximate surface area is 165 Å². The first-order chi connectivity index (χ1) is 12.5. The molecule has 0 atom stereocenters. The van der Waals surface area contributed by atoms with Gasteiger partial charge in [0, 0.05) is 23.7 Å². The van der Waals surface area contributed by atoms with Crippen LogP contribution in [0.3, 0.4) is 0 Å². The minimum atomic E-state index is -0.268. The van der Waals surface area contributed by atoms with Gasteiger partial charge in [-0.1, -0.05) is 55.2 Å². The summed E-state index contributed by atoms with van der Waals surface area (Å²) >= 11 is 12.0. The number of nitrogens with zero attached hydrogens (tertiary/aromatic N) is 1. The predicted molar refractivity (Wildman–Crippen MR) is 107 cm³/mol. The molecule has 0 saturated carbocycles. The Bertz CT molecular complexity index is 734. The highest BCUT2D eigenvalue weighted by atomic mass is 35.5. The summed E-state index contributed by atoms with van der Waals surface area (Å²) in [6, 6.07) is 12.5. The van der Waals surface area contributed by atoms with Gasteiger partial charge in [0.1, 0.15) is 12.4 Å². The molecule has 0 unspecified atom stereocenters. The predicted octanol–water partition coefficient (Wildman–Crippen LogP) is 4.64. The largest absolute Gasteiger partial charge is 0.492 e. The van der Waals surface area contributed by atoms with E-state index in [0.717, 1.165) is 30.9 Å². The average Bonchev–Trinajstić information content (AvgIpc) is 2.66. The maximum Gasteiger partial charge on any atom is 0.253 e. The topological polar surface area (TPSA) is 41.6 Å².